The number of carbonyl (C=O) groups excluding carboxylic acids is 1. The van der Waals surface area contributed by atoms with Gasteiger partial charge in [0.25, 0.3) is 5.91 Å². The molecule has 0 aliphatic rings. The quantitative estimate of drug-likeness (QED) is 0.598. The van der Waals surface area contributed by atoms with Gasteiger partial charge in [0.2, 0.25) is 0 Å². The molecule has 0 saturated heterocycles. The fourth-order valence-corrected chi connectivity index (χ4v) is 2.86. The second kappa shape index (κ2) is 8.45. The van der Waals surface area contributed by atoms with Gasteiger partial charge >= 0.3 is 0 Å². The molecule has 1 amide bonds. The summed E-state index contributed by atoms with van der Waals surface area (Å²) in [4.78, 5) is 14.2. The van der Waals surface area contributed by atoms with Crippen molar-refractivity contribution in [3.05, 3.63) is 64.2 Å². The highest BCUT2D eigenvalue weighted by Gasteiger charge is 2.18. The normalized spacial score (nSPS) is 10.8. The van der Waals surface area contributed by atoms with E-state index in [9.17, 15) is 4.79 Å². The molecule has 1 aromatic carbocycles. The Balaban J connectivity index is 1.62. The topological polar surface area (TPSA) is 65.2 Å². The van der Waals surface area contributed by atoms with Crippen molar-refractivity contribution in [1.82, 2.24) is 24.5 Å². The van der Waals surface area contributed by atoms with Crippen LogP contribution in [0.5, 0.6) is 5.75 Å². The van der Waals surface area contributed by atoms with Gasteiger partial charge < -0.3 is 9.64 Å². The van der Waals surface area contributed by atoms with Crippen LogP contribution in [0.25, 0.3) is 0 Å². The van der Waals surface area contributed by atoms with Gasteiger partial charge in [-0.25, -0.2) is 4.68 Å². The number of ether oxygens (including phenoxy) is 1. The largest absolute Gasteiger partial charge is 0.471 e. The summed E-state index contributed by atoms with van der Waals surface area (Å²) in [5.74, 6) is 0.461. The summed E-state index contributed by atoms with van der Waals surface area (Å²) >= 11 is 12.0. The van der Waals surface area contributed by atoms with Gasteiger partial charge in [-0.05, 0) is 37.3 Å². The van der Waals surface area contributed by atoms with Gasteiger partial charge in [-0.1, -0.05) is 23.2 Å². The Labute approximate surface area is 167 Å². The molecule has 0 fully saturated rings. The maximum absolute atomic E-state index is 12.6. The lowest BCUT2D eigenvalue weighted by molar-refractivity contribution is 0.0773. The molecule has 0 N–H and O–H groups in total. The van der Waals surface area contributed by atoms with E-state index in [2.05, 4.69) is 10.2 Å². The standard InChI is InChI=1S/C18H19Cl2N5O2/c1-3-25-17(15(20)10-21-25)11-23(2)18(26)16-8-9-24(22-16)12-27-14-6-4-13(19)5-7-14/h4-10H,3,11-12H2,1-2H3. The van der Waals surface area contributed by atoms with Crippen LogP contribution in [0.1, 0.15) is 23.1 Å². The number of hydrogen-bond donors (Lipinski definition) is 0. The van der Waals surface area contributed by atoms with Crippen LogP contribution in [0.15, 0.2) is 42.7 Å². The van der Waals surface area contributed by atoms with Crippen LogP contribution >= 0.6 is 23.2 Å². The third-order valence-electron chi connectivity index (χ3n) is 3.97. The van der Waals surface area contributed by atoms with Crippen LogP contribution in [0, 0.1) is 0 Å². The Morgan fingerprint density at radius 2 is 1.96 bits per heavy atom. The molecule has 27 heavy (non-hydrogen) atoms. The van der Waals surface area contributed by atoms with E-state index < -0.39 is 0 Å². The number of carbonyl (C=O) groups is 1. The van der Waals surface area contributed by atoms with Gasteiger partial charge in [-0.15, -0.1) is 0 Å². The van der Waals surface area contributed by atoms with Gasteiger partial charge in [0.05, 0.1) is 23.5 Å². The molecule has 2 heterocycles. The molecule has 9 heteroatoms. The summed E-state index contributed by atoms with van der Waals surface area (Å²) in [6, 6.07) is 8.69. The third-order valence-corrected chi connectivity index (χ3v) is 4.54. The highest BCUT2D eigenvalue weighted by Crippen LogP contribution is 2.18. The number of aromatic nitrogens is 4. The van der Waals surface area contributed by atoms with Gasteiger partial charge in [0.15, 0.2) is 12.4 Å². The molecule has 0 atom stereocenters. The Morgan fingerprint density at radius 3 is 2.67 bits per heavy atom. The molecule has 3 rings (SSSR count). The number of hydrogen-bond acceptors (Lipinski definition) is 4. The number of rotatable bonds is 7. The Morgan fingerprint density at radius 1 is 1.22 bits per heavy atom. The monoisotopic (exact) mass is 407 g/mol. The molecule has 0 bridgehead atoms. The molecule has 0 saturated carbocycles. The summed E-state index contributed by atoms with van der Waals surface area (Å²) in [7, 11) is 1.70. The fraction of sp³-hybridized carbons (Fsp3) is 0.278. The van der Waals surface area contributed by atoms with Crippen LogP contribution < -0.4 is 4.74 Å². The second-order valence-electron chi connectivity index (χ2n) is 5.88. The molecule has 0 unspecified atom stereocenters. The molecule has 142 valence electrons. The van der Waals surface area contributed by atoms with Crippen molar-refractivity contribution in [2.24, 2.45) is 0 Å². The predicted molar refractivity (Wildman–Crippen MR) is 103 cm³/mol. The first-order chi connectivity index (χ1) is 13.0. The summed E-state index contributed by atoms with van der Waals surface area (Å²) in [5, 5.41) is 9.64. The molecule has 7 nitrogen and oxygen atoms in total. The summed E-state index contributed by atoms with van der Waals surface area (Å²) in [6.45, 7) is 3.18. The SMILES string of the molecule is CCn1ncc(Cl)c1CN(C)C(=O)c1ccn(COc2ccc(Cl)cc2)n1. The molecular weight excluding hydrogens is 389 g/mol. The molecule has 2 aromatic heterocycles. The predicted octanol–water partition coefficient (Wildman–Crippen LogP) is 3.72. The minimum absolute atomic E-state index is 0.188. The van der Waals surface area contributed by atoms with Crippen LogP contribution in [0.4, 0.5) is 0 Å². The van der Waals surface area contributed by atoms with Crippen molar-refractivity contribution in [2.45, 2.75) is 26.7 Å². The van der Waals surface area contributed by atoms with Crippen LogP contribution in [0.2, 0.25) is 10.0 Å². The van der Waals surface area contributed by atoms with E-state index in [1.165, 1.54) is 0 Å². The zero-order valence-electron chi connectivity index (χ0n) is 15.0. The lowest BCUT2D eigenvalue weighted by atomic mass is 10.3. The zero-order chi connectivity index (χ0) is 19.4. The van der Waals surface area contributed by atoms with Gasteiger partial charge in [-0.3, -0.25) is 9.48 Å². The first-order valence-corrected chi connectivity index (χ1v) is 9.11. The molecule has 0 aliphatic heterocycles. The maximum Gasteiger partial charge on any atom is 0.274 e. The van der Waals surface area contributed by atoms with E-state index in [0.29, 0.717) is 34.6 Å². The smallest absolute Gasteiger partial charge is 0.274 e. The second-order valence-corrected chi connectivity index (χ2v) is 6.73. The lowest BCUT2D eigenvalue weighted by Crippen LogP contribution is -2.28. The van der Waals surface area contributed by atoms with E-state index in [1.807, 2.05) is 6.92 Å². The number of amides is 1. The van der Waals surface area contributed by atoms with Crippen molar-refractivity contribution in [3.63, 3.8) is 0 Å². The first kappa shape index (κ1) is 19.3. The van der Waals surface area contributed by atoms with Gasteiger partial charge in [-0.2, -0.15) is 10.2 Å². The zero-order valence-corrected chi connectivity index (χ0v) is 16.5. The summed E-state index contributed by atoms with van der Waals surface area (Å²) in [6.07, 6.45) is 3.28. The van der Waals surface area contributed by atoms with Crippen LogP contribution in [-0.4, -0.2) is 37.4 Å². The Hall–Kier alpha value is -2.51. The Kier molecular flexibility index (Phi) is 6.03. The van der Waals surface area contributed by atoms with Gasteiger partial charge in [0, 0.05) is 24.8 Å². The number of halogens is 2. The van der Waals surface area contributed by atoms with Gasteiger partial charge in [0.1, 0.15) is 5.75 Å². The summed E-state index contributed by atoms with van der Waals surface area (Å²) < 4.78 is 8.94. The number of nitrogens with zero attached hydrogens (tertiary/aromatic N) is 5. The van der Waals surface area contributed by atoms with Crippen molar-refractivity contribution < 1.29 is 9.53 Å². The molecule has 3 aromatic rings. The minimum atomic E-state index is -0.208. The highest BCUT2D eigenvalue weighted by atomic mass is 35.5. The lowest BCUT2D eigenvalue weighted by Gasteiger charge is -2.17. The van der Waals surface area contributed by atoms with Crippen molar-refractivity contribution in [2.75, 3.05) is 7.05 Å². The molecule has 0 aliphatic carbocycles. The average Bonchev–Trinajstić information content (AvgIpc) is 3.28. The number of benzene rings is 1. The van der Waals surface area contributed by atoms with E-state index in [-0.39, 0.29) is 12.6 Å². The Bertz CT molecular complexity index is 920. The van der Waals surface area contributed by atoms with Crippen LogP contribution in [0.3, 0.4) is 0 Å². The van der Waals surface area contributed by atoms with Crippen LogP contribution in [-0.2, 0) is 19.8 Å². The highest BCUT2D eigenvalue weighted by molar-refractivity contribution is 6.31. The minimum Gasteiger partial charge on any atom is -0.471 e. The molecule has 0 radical (unpaired) electrons. The van der Waals surface area contributed by atoms with Crippen molar-refractivity contribution in [3.8, 4) is 5.75 Å². The number of aryl methyl sites for hydroxylation is 1. The first-order valence-electron chi connectivity index (χ1n) is 8.35. The fourth-order valence-electron chi connectivity index (χ4n) is 2.53. The van der Waals surface area contributed by atoms with E-state index in [4.69, 9.17) is 27.9 Å². The average molecular weight is 408 g/mol. The van der Waals surface area contributed by atoms with Crippen molar-refractivity contribution >= 4 is 29.1 Å². The van der Waals surface area contributed by atoms with E-state index in [1.54, 1.807) is 64.0 Å². The van der Waals surface area contributed by atoms with E-state index >= 15 is 0 Å². The third kappa shape index (κ3) is 4.61. The van der Waals surface area contributed by atoms with Crippen molar-refractivity contribution in [1.29, 1.82) is 0 Å². The summed E-state index contributed by atoms with van der Waals surface area (Å²) in [5.41, 5.74) is 1.12. The van der Waals surface area contributed by atoms with E-state index in [0.717, 1.165) is 5.69 Å². The molecular formula is C18H19Cl2N5O2. The molecule has 0 spiro atoms. The maximum atomic E-state index is 12.6.